The Kier molecular flexibility index (Phi) is 6.45. The summed E-state index contributed by atoms with van der Waals surface area (Å²) in [5.74, 6) is -0.425. The third kappa shape index (κ3) is 4.75. The molecule has 0 bridgehead atoms. The minimum Gasteiger partial charge on any atom is -0.336 e. The minimum atomic E-state index is -0.194. The van der Waals surface area contributed by atoms with Crippen LogP contribution in [-0.2, 0) is 16.1 Å². The van der Waals surface area contributed by atoms with E-state index in [0.29, 0.717) is 29.4 Å². The molecule has 5 rings (SSSR count). The van der Waals surface area contributed by atoms with Gasteiger partial charge in [0.25, 0.3) is 5.91 Å². The molecule has 2 saturated heterocycles. The van der Waals surface area contributed by atoms with Gasteiger partial charge in [-0.15, -0.1) is 11.3 Å². The number of carbonyl (C=O) groups excluding carboxylic acids is 3. The molecule has 2 fully saturated rings. The molecule has 2 aliphatic rings. The van der Waals surface area contributed by atoms with Gasteiger partial charge in [-0.05, 0) is 36.4 Å². The molecular formula is C25H23ClN4O3S. The smallest absolute Gasteiger partial charge is 0.253 e. The molecule has 0 saturated carbocycles. The maximum absolute atomic E-state index is 13.0. The molecule has 34 heavy (non-hydrogen) atoms. The molecule has 0 radical (unpaired) electrons. The van der Waals surface area contributed by atoms with E-state index in [1.165, 1.54) is 4.90 Å². The highest BCUT2D eigenvalue weighted by Gasteiger charge is 2.30. The summed E-state index contributed by atoms with van der Waals surface area (Å²) in [5.41, 5.74) is 3.08. The summed E-state index contributed by atoms with van der Waals surface area (Å²) in [4.78, 5) is 46.9. The predicted molar refractivity (Wildman–Crippen MR) is 132 cm³/mol. The van der Waals surface area contributed by atoms with Crippen molar-refractivity contribution in [1.82, 2.24) is 14.8 Å². The summed E-state index contributed by atoms with van der Waals surface area (Å²) in [6, 6.07) is 14.4. The van der Waals surface area contributed by atoms with Crippen LogP contribution in [0.25, 0.3) is 11.3 Å². The van der Waals surface area contributed by atoms with E-state index in [0.717, 1.165) is 35.9 Å². The molecule has 1 aromatic heterocycles. The van der Waals surface area contributed by atoms with Crippen molar-refractivity contribution in [3.05, 3.63) is 69.5 Å². The molecular weight excluding hydrogens is 472 g/mol. The molecule has 0 unspecified atom stereocenters. The molecule has 9 heteroatoms. The van der Waals surface area contributed by atoms with Crippen LogP contribution >= 0.6 is 22.9 Å². The van der Waals surface area contributed by atoms with Gasteiger partial charge in [-0.25, -0.2) is 4.98 Å². The number of halogens is 1. The molecule has 0 N–H and O–H groups in total. The van der Waals surface area contributed by atoms with Crippen molar-refractivity contribution in [1.29, 1.82) is 0 Å². The van der Waals surface area contributed by atoms with Crippen molar-refractivity contribution in [2.45, 2.75) is 19.4 Å². The van der Waals surface area contributed by atoms with Crippen LogP contribution in [0, 0.1) is 0 Å². The summed E-state index contributed by atoms with van der Waals surface area (Å²) in [5, 5.41) is 3.82. The normalized spacial score (nSPS) is 17.0. The average Bonchev–Trinajstić information content (AvgIpc) is 3.45. The van der Waals surface area contributed by atoms with Crippen LogP contribution in [-0.4, -0.2) is 58.7 Å². The zero-order valence-corrected chi connectivity index (χ0v) is 20.0. The van der Waals surface area contributed by atoms with Gasteiger partial charge >= 0.3 is 0 Å². The molecule has 174 valence electrons. The lowest BCUT2D eigenvalue weighted by molar-refractivity contribution is -0.121. The first-order chi connectivity index (χ1) is 16.5. The molecule has 0 aliphatic carbocycles. The molecule has 3 amide bonds. The quantitative estimate of drug-likeness (QED) is 0.500. The zero-order valence-electron chi connectivity index (χ0n) is 18.4. The maximum Gasteiger partial charge on any atom is 0.253 e. The summed E-state index contributed by atoms with van der Waals surface area (Å²) < 4.78 is 0. The van der Waals surface area contributed by atoms with Crippen molar-refractivity contribution in [2.24, 2.45) is 0 Å². The Balaban J connectivity index is 1.15. The Morgan fingerprint density at radius 2 is 1.56 bits per heavy atom. The fourth-order valence-corrected chi connectivity index (χ4v) is 5.21. The first-order valence-corrected chi connectivity index (χ1v) is 12.4. The Morgan fingerprint density at radius 3 is 2.21 bits per heavy atom. The van der Waals surface area contributed by atoms with Crippen LogP contribution < -0.4 is 4.90 Å². The van der Waals surface area contributed by atoms with Crippen LogP contribution in [0.5, 0.6) is 0 Å². The lowest BCUT2D eigenvalue weighted by Gasteiger charge is -2.34. The van der Waals surface area contributed by atoms with Gasteiger partial charge in [-0.2, -0.15) is 0 Å². The highest BCUT2D eigenvalue weighted by molar-refractivity contribution is 7.09. The molecule has 2 aromatic carbocycles. The van der Waals surface area contributed by atoms with Crippen molar-refractivity contribution in [3.63, 3.8) is 0 Å². The Bertz CT molecular complexity index is 1200. The van der Waals surface area contributed by atoms with Gasteiger partial charge < -0.3 is 4.90 Å². The van der Waals surface area contributed by atoms with Crippen LogP contribution in [0.4, 0.5) is 5.69 Å². The number of imide groups is 1. The topological polar surface area (TPSA) is 73.8 Å². The van der Waals surface area contributed by atoms with E-state index in [-0.39, 0.29) is 30.6 Å². The van der Waals surface area contributed by atoms with Gasteiger partial charge in [0.1, 0.15) is 5.01 Å². The largest absolute Gasteiger partial charge is 0.336 e. The van der Waals surface area contributed by atoms with E-state index in [4.69, 9.17) is 16.6 Å². The van der Waals surface area contributed by atoms with E-state index < -0.39 is 0 Å². The SMILES string of the molecule is O=C(c1ccc(N2C(=O)CCC2=O)cc1)N1CCN(Cc2nc(-c3ccc(Cl)cc3)cs2)CC1. The first kappa shape index (κ1) is 22.7. The van der Waals surface area contributed by atoms with Crippen LogP contribution in [0.15, 0.2) is 53.9 Å². The number of nitrogens with zero attached hydrogens (tertiary/aromatic N) is 4. The number of carbonyl (C=O) groups is 3. The summed E-state index contributed by atoms with van der Waals surface area (Å²) in [7, 11) is 0. The summed E-state index contributed by atoms with van der Waals surface area (Å²) >= 11 is 7.61. The van der Waals surface area contributed by atoms with Gasteiger partial charge in [0.15, 0.2) is 0 Å². The monoisotopic (exact) mass is 494 g/mol. The summed E-state index contributed by atoms with van der Waals surface area (Å²) in [6.07, 6.45) is 0.487. The van der Waals surface area contributed by atoms with Gasteiger partial charge in [0.05, 0.1) is 17.9 Å². The van der Waals surface area contributed by atoms with Crippen molar-refractivity contribution in [3.8, 4) is 11.3 Å². The predicted octanol–water partition coefficient (Wildman–Crippen LogP) is 4.07. The van der Waals surface area contributed by atoms with Crippen LogP contribution in [0.1, 0.15) is 28.2 Å². The fraction of sp³-hybridized carbons (Fsp3) is 0.280. The Hall–Kier alpha value is -3.07. The van der Waals surface area contributed by atoms with Gasteiger partial charge in [0.2, 0.25) is 11.8 Å². The number of anilines is 1. The molecule has 3 heterocycles. The van der Waals surface area contributed by atoms with Crippen molar-refractivity contribution >= 4 is 46.3 Å². The van der Waals surface area contributed by atoms with Crippen LogP contribution in [0.3, 0.4) is 0 Å². The van der Waals surface area contributed by atoms with Gasteiger partial charge in [0, 0.05) is 60.6 Å². The number of hydrogen-bond donors (Lipinski definition) is 0. The zero-order chi connectivity index (χ0) is 23.7. The second kappa shape index (κ2) is 9.66. The van der Waals surface area contributed by atoms with Gasteiger partial charge in [-0.3, -0.25) is 24.2 Å². The third-order valence-corrected chi connectivity index (χ3v) is 7.22. The highest BCUT2D eigenvalue weighted by Crippen LogP contribution is 2.25. The van der Waals surface area contributed by atoms with E-state index in [1.54, 1.807) is 35.6 Å². The molecule has 0 spiro atoms. The standard InChI is InChI=1S/C25H23ClN4O3S/c26-19-5-1-17(2-6-19)21-16-34-22(27-21)15-28-11-13-29(14-12-28)25(33)18-3-7-20(8-4-18)30-23(31)9-10-24(30)32/h1-8,16H,9-15H2. The fourth-order valence-electron chi connectivity index (χ4n) is 4.24. The number of thiazole rings is 1. The second-order valence-electron chi connectivity index (χ2n) is 8.37. The number of aromatic nitrogens is 1. The van der Waals surface area contributed by atoms with E-state index in [2.05, 4.69) is 10.3 Å². The average molecular weight is 495 g/mol. The molecule has 0 atom stereocenters. The first-order valence-electron chi connectivity index (χ1n) is 11.2. The van der Waals surface area contributed by atoms with E-state index >= 15 is 0 Å². The maximum atomic E-state index is 13.0. The van der Waals surface area contributed by atoms with Crippen molar-refractivity contribution in [2.75, 3.05) is 31.1 Å². The number of piperazine rings is 1. The number of amides is 3. The number of rotatable bonds is 5. The molecule has 2 aliphatic heterocycles. The lowest BCUT2D eigenvalue weighted by Crippen LogP contribution is -2.48. The lowest BCUT2D eigenvalue weighted by atomic mass is 10.1. The molecule has 3 aromatic rings. The molecule has 7 nitrogen and oxygen atoms in total. The Labute approximate surface area is 206 Å². The third-order valence-electron chi connectivity index (χ3n) is 6.13. The number of hydrogen-bond acceptors (Lipinski definition) is 6. The highest BCUT2D eigenvalue weighted by atomic mass is 35.5. The van der Waals surface area contributed by atoms with E-state index in [1.807, 2.05) is 29.2 Å². The number of benzene rings is 2. The summed E-state index contributed by atoms with van der Waals surface area (Å²) in [6.45, 7) is 3.58. The van der Waals surface area contributed by atoms with E-state index in [9.17, 15) is 14.4 Å². The minimum absolute atomic E-state index is 0.0375. The van der Waals surface area contributed by atoms with Gasteiger partial charge in [-0.1, -0.05) is 23.7 Å². The van der Waals surface area contributed by atoms with Crippen LogP contribution in [0.2, 0.25) is 5.02 Å². The second-order valence-corrected chi connectivity index (χ2v) is 9.75. The Morgan fingerprint density at radius 1 is 0.912 bits per heavy atom. The van der Waals surface area contributed by atoms with Crippen molar-refractivity contribution < 1.29 is 14.4 Å².